The molecule has 3 aromatic heterocycles. The summed E-state index contributed by atoms with van der Waals surface area (Å²) in [7, 11) is 0. The molecule has 0 aliphatic heterocycles. The molecule has 4 aromatic rings. The Hall–Kier alpha value is -3.81. The van der Waals surface area contributed by atoms with Gasteiger partial charge in [-0.05, 0) is 23.3 Å². The summed E-state index contributed by atoms with van der Waals surface area (Å²) in [5.41, 5.74) is 2.84. The Balaban J connectivity index is 1.40. The van der Waals surface area contributed by atoms with Gasteiger partial charge in [0.2, 0.25) is 5.82 Å². The molecule has 0 saturated carbocycles. The zero-order valence-corrected chi connectivity index (χ0v) is 14.3. The summed E-state index contributed by atoms with van der Waals surface area (Å²) in [6.07, 6.45) is 8.76. The number of rotatable bonds is 6. The second-order valence-electron chi connectivity index (χ2n) is 5.89. The molecule has 3 heterocycles. The van der Waals surface area contributed by atoms with Crippen LogP contribution in [0.1, 0.15) is 21.8 Å². The van der Waals surface area contributed by atoms with E-state index in [1.807, 2.05) is 47.2 Å². The highest BCUT2D eigenvalue weighted by atomic mass is 16.5. The number of benzene rings is 1. The van der Waals surface area contributed by atoms with E-state index < -0.39 is 5.91 Å². The van der Waals surface area contributed by atoms with Crippen molar-refractivity contribution >= 4 is 5.91 Å². The number of hydrogen-bond acceptors (Lipinski definition) is 6. The molecule has 0 radical (unpaired) electrons. The maximum absolute atomic E-state index is 12.2. The first-order chi connectivity index (χ1) is 13.3. The molecule has 4 rings (SSSR count). The first-order valence-corrected chi connectivity index (χ1v) is 8.34. The zero-order chi connectivity index (χ0) is 18.5. The van der Waals surface area contributed by atoms with Gasteiger partial charge in [-0.25, -0.2) is 4.98 Å². The second-order valence-corrected chi connectivity index (χ2v) is 5.89. The Morgan fingerprint density at radius 2 is 1.81 bits per heavy atom. The van der Waals surface area contributed by atoms with Gasteiger partial charge < -0.3 is 14.4 Å². The number of amides is 1. The summed E-state index contributed by atoms with van der Waals surface area (Å²) >= 11 is 0. The Morgan fingerprint density at radius 1 is 1.00 bits per heavy atom. The summed E-state index contributed by atoms with van der Waals surface area (Å²) in [6, 6.07) is 11.4. The van der Waals surface area contributed by atoms with Crippen molar-refractivity contribution in [3.05, 3.63) is 84.5 Å². The third kappa shape index (κ3) is 4.06. The molecule has 0 bridgehead atoms. The van der Waals surface area contributed by atoms with Gasteiger partial charge in [0.05, 0.1) is 6.33 Å². The second kappa shape index (κ2) is 7.61. The summed E-state index contributed by atoms with van der Waals surface area (Å²) < 4.78 is 7.07. The zero-order valence-electron chi connectivity index (χ0n) is 14.3. The van der Waals surface area contributed by atoms with Crippen molar-refractivity contribution in [1.29, 1.82) is 0 Å². The number of hydrogen-bond donors (Lipinski definition) is 1. The molecule has 8 nitrogen and oxygen atoms in total. The molecule has 1 amide bonds. The summed E-state index contributed by atoms with van der Waals surface area (Å²) in [6.45, 7) is 1.09. The van der Waals surface area contributed by atoms with E-state index in [9.17, 15) is 4.79 Å². The van der Waals surface area contributed by atoms with E-state index in [4.69, 9.17) is 4.52 Å². The summed E-state index contributed by atoms with van der Waals surface area (Å²) in [5, 5.41) is 6.64. The molecule has 1 aromatic carbocycles. The molecule has 0 fully saturated rings. The SMILES string of the molecule is O=C(NCc1ccncc1)c1nc(-c2ccc(Cn3ccnc3)cc2)no1. The van der Waals surface area contributed by atoms with E-state index in [0.717, 1.165) is 23.2 Å². The first-order valence-electron chi connectivity index (χ1n) is 8.34. The fourth-order valence-corrected chi connectivity index (χ4v) is 2.54. The quantitative estimate of drug-likeness (QED) is 0.566. The van der Waals surface area contributed by atoms with Gasteiger partial charge in [0, 0.05) is 43.4 Å². The third-order valence-corrected chi connectivity index (χ3v) is 3.96. The predicted octanol–water partition coefficient (Wildman–Crippen LogP) is 2.31. The highest BCUT2D eigenvalue weighted by Gasteiger charge is 2.15. The lowest BCUT2D eigenvalue weighted by molar-refractivity contribution is 0.0907. The lowest BCUT2D eigenvalue weighted by Gasteiger charge is -2.03. The average molecular weight is 360 g/mol. The van der Waals surface area contributed by atoms with E-state index in [1.54, 1.807) is 24.9 Å². The lowest BCUT2D eigenvalue weighted by Crippen LogP contribution is -2.23. The highest BCUT2D eigenvalue weighted by Crippen LogP contribution is 2.17. The monoisotopic (exact) mass is 360 g/mol. The number of nitrogens with one attached hydrogen (secondary N) is 1. The molecule has 8 heteroatoms. The van der Waals surface area contributed by atoms with E-state index >= 15 is 0 Å². The fourth-order valence-electron chi connectivity index (χ4n) is 2.54. The van der Waals surface area contributed by atoms with Crippen LogP contribution in [0.5, 0.6) is 0 Å². The molecular weight excluding hydrogens is 344 g/mol. The van der Waals surface area contributed by atoms with Crippen molar-refractivity contribution in [3.8, 4) is 11.4 Å². The smallest absolute Gasteiger partial charge is 0.316 e. The molecule has 1 N–H and O–H groups in total. The van der Waals surface area contributed by atoms with Crippen LogP contribution < -0.4 is 5.32 Å². The van der Waals surface area contributed by atoms with Crippen molar-refractivity contribution < 1.29 is 9.32 Å². The van der Waals surface area contributed by atoms with Gasteiger partial charge in [0.1, 0.15) is 0 Å². The lowest BCUT2D eigenvalue weighted by atomic mass is 10.1. The summed E-state index contributed by atoms with van der Waals surface area (Å²) in [5.74, 6) is -0.109. The fraction of sp³-hybridized carbons (Fsp3) is 0.105. The van der Waals surface area contributed by atoms with Crippen LogP contribution in [-0.2, 0) is 13.1 Å². The topological polar surface area (TPSA) is 98.7 Å². The average Bonchev–Trinajstić information content (AvgIpc) is 3.40. The van der Waals surface area contributed by atoms with Crippen LogP contribution in [0.15, 0.2) is 72.0 Å². The minimum Gasteiger partial charge on any atom is -0.344 e. The van der Waals surface area contributed by atoms with Gasteiger partial charge in [-0.15, -0.1) is 0 Å². The van der Waals surface area contributed by atoms with Crippen molar-refractivity contribution in [1.82, 2.24) is 30.0 Å². The Bertz CT molecular complexity index is 1010. The van der Waals surface area contributed by atoms with Crippen LogP contribution in [0.3, 0.4) is 0 Å². The van der Waals surface area contributed by atoms with Gasteiger partial charge in [0.15, 0.2) is 0 Å². The van der Waals surface area contributed by atoms with Crippen molar-refractivity contribution in [3.63, 3.8) is 0 Å². The van der Waals surface area contributed by atoms with Crippen LogP contribution in [0.25, 0.3) is 11.4 Å². The third-order valence-electron chi connectivity index (χ3n) is 3.96. The molecule has 0 spiro atoms. The predicted molar refractivity (Wildman–Crippen MR) is 96.5 cm³/mol. The minimum absolute atomic E-state index is 0.0680. The van der Waals surface area contributed by atoms with Gasteiger partial charge >= 0.3 is 11.8 Å². The Kier molecular flexibility index (Phi) is 4.69. The van der Waals surface area contributed by atoms with Crippen LogP contribution in [0.2, 0.25) is 0 Å². The van der Waals surface area contributed by atoms with Gasteiger partial charge in [-0.2, -0.15) is 4.98 Å². The van der Waals surface area contributed by atoms with E-state index in [1.165, 1.54) is 0 Å². The molecule has 27 heavy (non-hydrogen) atoms. The number of nitrogens with zero attached hydrogens (tertiary/aromatic N) is 5. The van der Waals surface area contributed by atoms with E-state index in [-0.39, 0.29) is 5.89 Å². The largest absolute Gasteiger partial charge is 0.344 e. The van der Waals surface area contributed by atoms with Gasteiger partial charge in [-0.3, -0.25) is 9.78 Å². The van der Waals surface area contributed by atoms with Crippen LogP contribution in [0.4, 0.5) is 0 Å². The number of pyridine rings is 1. The van der Waals surface area contributed by atoms with Gasteiger partial charge in [0.25, 0.3) is 0 Å². The van der Waals surface area contributed by atoms with Crippen LogP contribution in [-0.4, -0.2) is 30.6 Å². The highest BCUT2D eigenvalue weighted by molar-refractivity contribution is 5.89. The number of imidazole rings is 1. The molecule has 0 atom stereocenters. The van der Waals surface area contributed by atoms with Crippen molar-refractivity contribution in [2.24, 2.45) is 0 Å². The van der Waals surface area contributed by atoms with E-state index in [2.05, 4.69) is 25.4 Å². The minimum atomic E-state index is -0.415. The molecule has 0 saturated heterocycles. The van der Waals surface area contributed by atoms with E-state index in [0.29, 0.717) is 12.4 Å². The maximum atomic E-state index is 12.2. The molecule has 0 aliphatic carbocycles. The number of carbonyl (C=O) groups excluding carboxylic acids is 1. The summed E-state index contributed by atoms with van der Waals surface area (Å²) in [4.78, 5) is 24.3. The standard InChI is InChI=1S/C19H16N6O2/c26-18(22-11-14-5-7-20-8-6-14)19-23-17(24-27-19)16-3-1-15(2-4-16)12-25-10-9-21-13-25/h1-10,13H,11-12H2,(H,22,26). The number of carbonyl (C=O) groups is 1. The molecule has 0 unspecified atom stereocenters. The van der Waals surface area contributed by atoms with Crippen molar-refractivity contribution in [2.45, 2.75) is 13.1 Å². The molecule has 0 aliphatic rings. The Labute approximate surface area is 154 Å². The maximum Gasteiger partial charge on any atom is 0.316 e. The van der Waals surface area contributed by atoms with Crippen LogP contribution in [0, 0.1) is 0 Å². The molecular formula is C19H16N6O2. The van der Waals surface area contributed by atoms with Crippen molar-refractivity contribution in [2.75, 3.05) is 0 Å². The Morgan fingerprint density at radius 3 is 2.56 bits per heavy atom. The molecule has 134 valence electrons. The number of aromatic nitrogens is 5. The van der Waals surface area contributed by atoms with Gasteiger partial charge in [-0.1, -0.05) is 29.4 Å². The first kappa shape index (κ1) is 16.6. The normalized spacial score (nSPS) is 10.7. The van der Waals surface area contributed by atoms with Crippen LogP contribution >= 0.6 is 0 Å².